The number of aryl methyl sites for hydroxylation is 1. The number of hydrogen-bond acceptors (Lipinski definition) is 4. The molecule has 1 amide bonds. The molecule has 104 valence electrons. The maximum atomic E-state index is 11.7. The minimum Gasteiger partial charge on any atom is -0.480 e. The summed E-state index contributed by atoms with van der Waals surface area (Å²) in [5, 5.41) is 17.5. The Labute approximate surface area is 115 Å². The smallest absolute Gasteiger partial charge is 0.326 e. The van der Waals surface area contributed by atoms with Crippen LogP contribution in [0.4, 0.5) is 0 Å². The molecule has 0 aliphatic rings. The molecule has 1 aromatic carbocycles. The lowest BCUT2D eigenvalue weighted by molar-refractivity contribution is -0.139. The third kappa shape index (κ3) is 3.64. The number of benzene rings is 1. The third-order valence-electron chi connectivity index (χ3n) is 2.80. The molecule has 7 nitrogen and oxygen atoms in total. The van der Waals surface area contributed by atoms with E-state index >= 15 is 0 Å². The van der Waals surface area contributed by atoms with Crippen LogP contribution in [0.5, 0.6) is 0 Å². The first-order valence-corrected chi connectivity index (χ1v) is 6.10. The average molecular weight is 274 g/mol. The van der Waals surface area contributed by atoms with Crippen molar-refractivity contribution >= 4 is 11.9 Å². The van der Waals surface area contributed by atoms with Gasteiger partial charge in [-0.15, -0.1) is 0 Å². The fraction of sp³-hybridized carbons (Fsp3) is 0.231. The maximum Gasteiger partial charge on any atom is 0.326 e. The zero-order valence-electron chi connectivity index (χ0n) is 10.6. The number of aromatic nitrogens is 3. The van der Waals surface area contributed by atoms with Gasteiger partial charge in [-0.25, -0.2) is 9.78 Å². The van der Waals surface area contributed by atoms with Gasteiger partial charge in [0.05, 0.1) is 0 Å². The number of H-pyrrole nitrogens is 1. The Hall–Kier alpha value is -2.70. The van der Waals surface area contributed by atoms with Crippen molar-refractivity contribution in [2.45, 2.75) is 18.9 Å². The first-order valence-electron chi connectivity index (χ1n) is 6.10. The molecule has 0 spiro atoms. The van der Waals surface area contributed by atoms with Crippen molar-refractivity contribution < 1.29 is 14.7 Å². The molecule has 1 atom stereocenters. The highest BCUT2D eigenvalue weighted by atomic mass is 16.4. The second-order valence-corrected chi connectivity index (χ2v) is 4.22. The quantitative estimate of drug-likeness (QED) is 0.715. The van der Waals surface area contributed by atoms with Gasteiger partial charge in [-0.1, -0.05) is 30.3 Å². The summed E-state index contributed by atoms with van der Waals surface area (Å²) in [6.07, 6.45) is 2.06. The summed E-state index contributed by atoms with van der Waals surface area (Å²) in [6.45, 7) is 0. The van der Waals surface area contributed by atoms with E-state index in [0.717, 1.165) is 5.56 Å². The number of carboxylic acids is 1. The minimum atomic E-state index is -1.08. The zero-order valence-corrected chi connectivity index (χ0v) is 10.6. The van der Waals surface area contributed by atoms with Gasteiger partial charge >= 0.3 is 5.97 Å². The SMILES string of the molecule is O=C(NC(CCc1ccccc1)C(=O)O)c1ncn[nH]1. The molecule has 3 N–H and O–H groups in total. The highest BCUT2D eigenvalue weighted by Crippen LogP contribution is 2.05. The van der Waals surface area contributed by atoms with Gasteiger partial charge in [0.15, 0.2) is 0 Å². The summed E-state index contributed by atoms with van der Waals surface area (Å²) in [5.41, 5.74) is 1.02. The van der Waals surface area contributed by atoms with Gasteiger partial charge in [-0.2, -0.15) is 5.10 Å². The Morgan fingerprint density at radius 1 is 1.30 bits per heavy atom. The molecule has 0 bridgehead atoms. The highest BCUT2D eigenvalue weighted by Gasteiger charge is 2.21. The van der Waals surface area contributed by atoms with Crippen LogP contribution in [0.25, 0.3) is 0 Å². The largest absolute Gasteiger partial charge is 0.480 e. The van der Waals surface area contributed by atoms with Gasteiger partial charge in [0.2, 0.25) is 5.82 Å². The van der Waals surface area contributed by atoms with Crippen LogP contribution in [0, 0.1) is 0 Å². The van der Waals surface area contributed by atoms with Crippen molar-refractivity contribution in [3.05, 3.63) is 48.0 Å². The second kappa shape index (κ2) is 6.46. The molecular formula is C13H14N4O3. The van der Waals surface area contributed by atoms with Crippen LogP contribution in [0.15, 0.2) is 36.7 Å². The number of carbonyl (C=O) groups is 2. The molecule has 0 fully saturated rings. The molecule has 0 radical (unpaired) electrons. The van der Waals surface area contributed by atoms with E-state index in [0.29, 0.717) is 12.8 Å². The van der Waals surface area contributed by atoms with Crippen molar-refractivity contribution in [1.82, 2.24) is 20.5 Å². The summed E-state index contributed by atoms with van der Waals surface area (Å²) in [6, 6.07) is 8.53. The van der Waals surface area contributed by atoms with E-state index in [1.807, 2.05) is 30.3 Å². The Morgan fingerprint density at radius 2 is 2.05 bits per heavy atom. The molecule has 7 heteroatoms. The van der Waals surface area contributed by atoms with Gasteiger partial charge in [0, 0.05) is 0 Å². The predicted octanol–water partition coefficient (Wildman–Crippen LogP) is 0.620. The van der Waals surface area contributed by atoms with Crippen molar-refractivity contribution in [2.75, 3.05) is 0 Å². The number of aromatic amines is 1. The number of hydrogen-bond donors (Lipinski definition) is 3. The molecule has 2 rings (SSSR count). The van der Waals surface area contributed by atoms with Crippen LogP contribution in [0.3, 0.4) is 0 Å². The zero-order chi connectivity index (χ0) is 14.4. The molecule has 0 saturated carbocycles. The molecule has 1 heterocycles. The molecule has 1 aromatic heterocycles. The van der Waals surface area contributed by atoms with Crippen LogP contribution < -0.4 is 5.32 Å². The fourth-order valence-electron chi connectivity index (χ4n) is 1.75. The highest BCUT2D eigenvalue weighted by molar-refractivity contribution is 5.93. The van der Waals surface area contributed by atoms with Gasteiger partial charge in [-0.3, -0.25) is 9.89 Å². The lowest BCUT2D eigenvalue weighted by Crippen LogP contribution is -2.41. The lowest BCUT2D eigenvalue weighted by atomic mass is 10.1. The molecule has 0 saturated heterocycles. The minimum absolute atomic E-state index is 0.00374. The van der Waals surface area contributed by atoms with Crippen LogP contribution in [-0.2, 0) is 11.2 Å². The van der Waals surface area contributed by atoms with Crippen molar-refractivity contribution in [3.63, 3.8) is 0 Å². The molecule has 0 aliphatic carbocycles. The van der Waals surface area contributed by atoms with E-state index < -0.39 is 17.9 Å². The van der Waals surface area contributed by atoms with Crippen LogP contribution in [0.2, 0.25) is 0 Å². The monoisotopic (exact) mass is 274 g/mol. The van der Waals surface area contributed by atoms with Crippen molar-refractivity contribution in [2.24, 2.45) is 0 Å². The first kappa shape index (κ1) is 13.7. The van der Waals surface area contributed by atoms with Crippen LogP contribution in [0.1, 0.15) is 22.6 Å². The van der Waals surface area contributed by atoms with E-state index in [1.54, 1.807) is 0 Å². The van der Waals surface area contributed by atoms with Gasteiger partial charge in [-0.05, 0) is 18.4 Å². The number of carbonyl (C=O) groups excluding carboxylic acids is 1. The Bertz CT molecular complexity index is 569. The van der Waals surface area contributed by atoms with E-state index in [1.165, 1.54) is 6.33 Å². The Balaban J connectivity index is 1.94. The average Bonchev–Trinajstić information content (AvgIpc) is 2.98. The summed E-state index contributed by atoms with van der Waals surface area (Å²) in [4.78, 5) is 26.6. The van der Waals surface area contributed by atoms with Gasteiger partial charge in [0.25, 0.3) is 5.91 Å². The summed E-state index contributed by atoms with van der Waals surface area (Å²) in [7, 11) is 0. The number of rotatable bonds is 6. The topological polar surface area (TPSA) is 108 Å². The Morgan fingerprint density at radius 3 is 2.65 bits per heavy atom. The number of nitrogens with zero attached hydrogens (tertiary/aromatic N) is 2. The van der Waals surface area contributed by atoms with Crippen molar-refractivity contribution in [3.8, 4) is 0 Å². The van der Waals surface area contributed by atoms with E-state index in [-0.39, 0.29) is 5.82 Å². The normalized spacial score (nSPS) is 11.8. The number of nitrogens with one attached hydrogen (secondary N) is 2. The fourth-order valence-corrected chi connectivity index (χ4v) is 1.75. The maximum absolute atomic E-state index is 11.7. The Kier molecular flexibility index (Phi) is 4.43. The summed E-state index contributed by atoms with van der Waals surface area (Å²) >= 11 is 0. The van der Waals surface area contributed by atoms with Gasteiger partial charge < -0.3 is 10.4 Å². The van der Waals surface area contributed by atoms with Crippen molar-refractivity contribution in [1.29, 1.82) is 0 Å². The second-order valence-electron chi connectivity index (χ2n) is 4.22. The van der Waals surface area contributed by atoms with E-state index in [9.17, 15) is 9.59 Å². The number of aliphatic carboxylic acids is 1. The third-order valence-corrected chi connectivity index (χ3v) is 2.80. The first-order chi connectivity index (χ1) is 9.66. The standard InChI is InChI=1S/C13H14N4O3/c18-12(11-14-8-15-17-11)16-10(13(19)20)7-6-9-4-2-1-3-5-9/h1-5,8,10H,6-7H2,(H,16,18)(H,19,20)(H,14,15,17). The molecule has 20 heavy (non-hydrogen) atoms. The number of carboxylic acid groups (broad SMARTS) is 1. The summed E-state index contributed by atoms with van der Waals surface area (Å²) in [5.74, 6) is -1.66. The number of amides is 1. The van der Waals surface area contributed by atoms with Crippen LogP contribution >= 0.6 is 0 Å². The van der Waals surface area contributed by atoms with Crippen LogP contribution in [-0.4, -0.2) is 38.2 Å². The predicted molar refractivity (Wildman–Crippen MR) is 70.0 cm³/mol. The molecule has 0 aliphatic heterocycles. The van der Waals surface area contributed by atoms with Gasteiger partial charge in [0.1, 0.15) is 12.4 Å². The molecule has 1 unspecified atom stereocenters. The molecular weight excluding hydrogens is 260 g/mol. The summed E-state index contributed by atoms with van der Waals surface area (Å²) < 4.78 is 0. The van der Waals surface area contributed by atoms with E-state index in [4.69, 9.17) is 5.11 Å². The molecule has 2 aromatic rings. The van der Waals surface area contributed by atoms with E-state index in [2.05, 4.69) is 20.5 Å². The lowest BCUT2D eigenvalue weighted by Gasteiger charge is -2.13.